The van der Waals surface area contributed by atoms with Crippen LogP contribution in [-0.2, 0) is 23.9 Å². The molecule has 3 fully saturated rings. The number of nitrogens with zero attached hydrogens (tertiary/aromatic N) is 1. The van der Waals surface area contributed by atoms with Crippen molar-refractivity contribution in [3.05, 3.63) is 33.9 Å². The van der Waals surface area contributed by atoms with Crippen molar-refractivity contribution >= 4 is 29.2 Å². The lowest BCUT2D eigenvalue weighted by molar-refractivity contribution is -0.385. The molecule has 1 aliphatic heterocycles. The second kappa shape index (κ2) is 6.33. The predicted octanol–water partition coefficient (Wildman–Crippen LogP) is 1.58. The fourth-order valence-corrected chi connectivity index (χ4v) is 4.64. The monoisotopic (exact) mass is 374 g/mol. The van der Waals surface area contributed by atoms with E-state index in [9.17, 15) is 24.5 Å². The van der Waals surface area contributed by atoms with Crippen molar-refractivity contribution in [1.29, 1.82) is 0 Å². The molecule has 9 heteroatoms. The Morgan fingerprint density at radius 2 is 2.15 bits per heavy atom. The van der Waals surface area contributed by atoms with Gasteiger partial charge >= 0.3 is 11.9 Å². The molecule has 142 valence electrons. The molecular weight excluding hydrogens is 356 g/mol. The number of ether oxygens (including phenoxy) is 2. The van der Waals surface area contributed by atoms with Gasteiger partial charge in [-0.05, 0) is 31.7 Å². The van der Waals surface area contributed by atoms with Crippen LogP contribution in [0.25, 0.3) is 0 Å². The number of hydrogen-bond donors (Lipinski definition) is 1. The zero-order chi connectivity index (χ0) is 19.3. The van der Waals surface area contributed by atoms with Gasteiger partial charge < -0.3 is 14.8 Å². The van der Waals surface area contributed by atoms with E-state index in [-0.39, 0.29) is 35.3 Å². The average molecular weight is 374 g/mol. The van der Waals surface area contributed by atoms with Gasteiger partial charge in [0.05, 0.1) is 16.8 Å². The fraction of sp³-hybridized carbons (Fsp3) is 0.500. The number of nitrogens with one attached hydrogen (secondary N) is 1. The van der Waals surface area contributed by atoms with Gasteiger partial charge in [0, 0.05) is 23.2 Å². The molecule has 27 heavy (non-hydrogen) atoms. The number of anilines is 1. The fourth-order valence-electron chi connectivity index (χ4n) is 4.64. The first-order chi connectivity index (χ1) is 12.8. The molecule has 2 bridgehead atoms. The van der Waals surface area contributed by atoms with Gasteiger partial charge in [-0.15, -0.1) is 0 Å². The Morgan fingerprint density at radius 1 is 1.37 bits per heavy atom. The number of amides is 1. The van der Waals surface area contributed by atoms with E-state index in [0.29, 0.717) is 12.0 Å². The van der Waals surface area contributed by atoms with Gasteiger partial charge in [0.15, 0.2) is 6.61 Å². The topological polar surface area (TPSA) is 125 Å². The van der Waals surface area contributed by atoms with Crippen LogP contribution in [0, 0.1) is 40.7 Å². The van der Waals surface area contributed by atoms with Crippen LogP contribution in [0.1, 0.15) is 18.4 Å². The van der Waals surface area contributed by atoms with E-state index in [2.05, 4.69) is 5.32 Å². The molecule has 9 nitrogen and oxygen atoms in total. The Bertz CT molecular complexity index is 850. The highest BCUT2D eigenvalue weighted by atomic mass is 16.6. The Balaban J connectivity index is 1.35. The van der Waals surface area contributed by atoms with Crippen molar-refractivity contribution in [2.24, 2.45) is 23.7 Å². The molecule has 0 radical (unpaired) electrons. The predicted molar refractivity (Wildman–Crippen MR) is 90.5 cm³/mol. The molecule has 0 unspecified atom stereocenters. The van der Waals surface area contributed by atoms with Gasteiger partial charge in [-0.2, -0.15) is 0 Å². The third kappa shape index (κ3) is 2.92. The number of benzene rings is 1. The van der Waals surface area contributed by atoms with Gasteiger partial charge in [0.25, 0.3) is 11.6 Å². The van der Waals surface area contributed by atoms with Crippen molar-refractivity contribution in [3.63, 3.8) is 0 Å². The summed E-state index contributed by atoms with van der Waals surface area (Å²) in [6.45, 7) is 1.08. The second-order valence-corrected chi connectivity index (χ2v) is 7.34. The molecule has 2 saturated carbocycles. The molecule has 4 rings (SSSR count). The largest absolute Gasteiger partial charge is 0.462 e. The highest BCUT2D eigenvalue weighted by molar-refractivity contribution is 5.94. The van der Waals surface area contributed by atoms with Crippen LogP contribution in [0.2, 0.25) is 0 Å². The van der Waals surface area contributed by atoms with E-state index in [0.717, 1.165) is 6.42 Å². The van der Waals surface area contributed by atoms with Gasteiger partial charge in [-0.25, -0.2) is 0 Å². The Morgan fingerprint density at radius 3 is 2.89 bits per heavy atom. The van der Waals surface area contributed by atoms with Crippen molar-refractivity contribution in [3.8, 4) is 0 Å². The average Bonchev–Trinajstić information content (AvgIpc) is 3.23. The number of carbonyl (C=O) groups excluding carboxylic acids is 3. The highest BCUT2D eigenvalue weighted by Crippen LogP contribution is 2.57. The second-order valence-electron chi connectivity index (χ2n) is 7.34. The maximum atomic E-state index is 12.4. The number of fused-ring (bicyclic) bond motifs is 1. The van der Waals surface area contributed by atoms with Crippen LogP contribution in [0.4, 0.5) is 11.4 Å². The first-order valence-corrected chi connectivity index (χ1v) is 8.77. The lowest BCUT2D eigenvalue weighted by Crippen LogP contribution is -2.34. The summed E-state index contributed by atoms with van der Waals surface area (Å²) in [7, 11) is 0. The Kier molecular flexibility index (Phi) is 4.09. The summed E-state index contributed by atoms with van der Waals surface area (Å²) in [6.07, 6.45) is 1.38. The summed E-state index contributed by atoms with van der Waals surface area (Å²) in [5.74, 6) is -2.36. The molecule has 1 aromatic rings. The molecular formula is C18H18N2O7. The summed E-state index contributed by atoms with van der Waals surface area (Å²) in [5.41, 5.74) is 0.610. The minimum atomic E-state index is -0.600. The molecule has 0 spiro atoms. The molecule has 1 N–H and O–H groups in total. The third-order valence-electron chi connectivity index (χ3n) is 5.79. The minimum Gasteiger partial charge on any atom is -0.462 e. The van der Waals surface area contributed by atoms with Crippen LogP contribution in [-0.4, -0.2) is 35.5 Å². The number of aryl methyl sites for hydroxylation is 1. The van der Waals surface area contributed by atoms with Gasteiger partial charge in [-0.1, -0.05) is 6.07 Å². The third-order valence-corrected chi connectivity index (χ3v) is 5.79. The first kappa shape index (κ1) is 17.4. The van der Waals surface area contributed by atoms with Crippen LogP contribution < -0.4 is 5.32 Å². The van der Waals surface area contributed by atoms with Crippen LogP contribution in [0.5, 0.6) is 0 Å². The van der Waals surface area contributed by atoms with Crippen LogP contribution >= 0.6 is 0 Å². The summed E-state index contributed by atoms with van der Waals surface area (Å²) < 4.78 is 10.4. The molecule has 1 amide bonds. The van der Waals surface area contributed by atoms with E-state index in [1.165, 1.54) is 18.2 Å². The van der Waals surface area contributed by atoms with E-state index in [1.807, 2.05) is 0 Å². The molecule has 2 aliphatic carbocycles. The van der Waals surface area contributed by atoms with Gasteiger partial charge in [0.2, 0.25) is 0 Å². The van der Waals surface area contributed by atoms with E-state index in [1.54, 1.807) is 6.92 Å². The van der Waals surface area contributed by atoms with Gasteiger partial charge in [-0.3, -0.25) is 24.5 Å². The molecule has 1 saturated heterocycles. The quantitative estimate of drug-likeness (QED) is 0.471. The standard InChI is InChI=1S/C18H18N2O7/c1-8-2-3-10(6-12(8)20(24)25)19-14(21)7-26-17(22)15-9-4-11-13(5-9)27-18(23)16(11)15/h2-3,6,9,11,13,15-16H,4-5,7H2,1H3,(H,19,21)/t9-,11+,13-,15-,16-/m1/s1. The van der Waals surface area contributed by atoms with Crippen molar-refractivity contribution in [1.82, 2.24) is 0 Å². The van der Waals surface area contributed by atoms with E-state index < -0.39 is 35.2 Å². The minimum absolute atomic E-state index is 0.0618. The summed E-state index contributed by atoms with van der Waals surface area (Å²) in [5, 5.41) is 13.4. The first-order valence-electron chi connectivity index (χ1n) is 8.77. The zero-order valence-corrected chi connectivity index (χ0v) is 14.5. The smallest absolute Gasteiger partial charge is 0.310 e. The number of carbonyl (C=O) groups is 3. The molecule has 5 atom stereocenters. The summed E-state index contributed by atoms with van der Waals surface area (Å²) in [6, 6.07) is 4.31. The Labute approximate surface area is 154 Å². The molecule has 1 aromatic carbocycles. The number of rotatable bonds is 5. The summed E-state index contributed by atoms with van der Waals surface area (Å²) >= 11 is 0. The maximum Gasteiger partial charge on any atom is 0.310 e. The number of nitro benzene ring substituents is 1. The SMILES string of the molecule is Cc1ccc(NC(=O)COC(=O)[C@@H]2[C@@H]3C[C@@H]4[C@H]2C(=O)O[C@@H]4C3)cc1[N+](=O)[O-]. The van der Waals surface area contributed by atoms with E-state index in [4.69, 9.17) is 9.47 Å². The van der Waals surface area contributed by atoms with Crippen LogP contribution in [0.3, 0.4) is 0 Å². The van der Waals surface area contributed by atoms with Crippen molar-refractivity contribution < 1.29 is 28.8 Å². The Hall–Kier alpha value is -2.97. The summed E-state index contributed by atoms with van der Waals surface area (Å²) in [4.78, 5) is 46.8. The highest BCUT2D eigenvalue weighted by Gasteiger charge is 2.64. The molecule has 0 aromatic heterocycles. The number of esters is 2. The molecule has 3 aliphatic rings. The normalized spacial score (nSPS) is 30.1. The number of hydrogen-bond acceptors (Lipinski definition) is 7. The van der Waals surface area contributed by atoms with E-state index >= 15 is 0 Å². The van der Waals surface area contributed by atoms with Crippen LogP contribution in [0.15, 0.2) is 18.2 Å². The number of nitro groups is 1. The molecule has 1 heterocycles. The van der Waals surface area contributed by atoms with Crippen molar-refractivity contribution in [2.75, 3.05) is 11.9 Å². The zero-order valence-electron chi connectivity index (χ0n) is 14.5. The lowest BCUT2D eigenvalue weighted by atomic mass is 9.80. The van der Waals surface area contributed by atoms with Gasteiger partial charge in [0.1, 0.15) is 6.10 Å². The lowest BCUT2D eigenvalue weighted by Gasteiger charge is -2.22. The van der Waals surface area contributed by atoms with Crippen molar-refractivity contribution in [2.45, 2.75) is 25.9 Å². The maximum absolute atomic E-state index is 12.4.